The molecule has 0 radical (unpaired) electrons. The quantitative estimate of drug-likeness (QED) is 0.799. The summed E-state index contributed by atoms with van der Waals surface area (Å²) in [4.78, 5) is 0. The molecule has 0 heterocycles. The van der Waals surface area contributed by atoms with Gasteiger partial charge in [0.25, 0.3) is 0 Å². The van der Waals surface area contributed by atoms with Crippen molar-refractivity contribution >= 4 is 0 Å². The summed E-state index contributed by atoms with van der Waals surface area (Å²) in [6.07, 6.45) is 5.50. The number of aliphatic hydroxyl groups excluding tert-OH is 1. The smallest absolute Gasteiger partial charge is 0.134 e. The molecule has 0 saturated carbocycles. The summed E-state index contributed by atoms with van der Waals surface area (Å²) >= 11 is 0. The van der Waals surface area contributed by atoms with E-state index in [0.717, 1.165) is 31.3 Å². The third-order valence-electron chi connectivity index (χ3n) is 3.49. The highest BCUT2D eigenvalue weighted by atomic mass is 19.1. The monoisotopic (exact) mass is 252 g/mol. The Balaban J connectivity index is 2.20. The van der Waals surface area contributed by atoms with E-state index in [-0.39, 0.29) is 5.56 Å². The van der Waals surface area contributed by atoms with E-state index in [0.29, 0.717) is 12.0 Å². The molecule has 1 atom stereocenters. The third-order valence-corrected chi connectivity index (χ3v) is 3.49. The summed E-state index contributed by atoms with van der Waals surface area (Å²) in [6, 6.07) is 2.60. The third kappa shape index (κ3) is 2.78. The normalized spacial score (nSPS) is 17.4. The van der Waals surface area contributed by atoms with Gasteiger partial charge in [0.2, 0.25) is 0 Å². The highest BCUT2D eigenvalue weighted by Gasteiger charge is 2.21. The molecule has 98 valence electrons. The average molecular weight is 252 g/mol. The molecule has 3 heteroatoms. The maximum absolute atomic E-state index is 13.8. The van der Waals surface area contributed by atoms with Gasteiger partial charge in [-0.1, -0.05) is 17.7 Å². The number of halogens is 2. The van der Waals surface area contributed by atoms with Gasteiger partial charge in [0.05, 0.1) is 11.7 Å². The second-order valence-electron chi connectivity index (χ2n) is 4.92. The second kappa shape index (κ2) is 5.61. The topological polar surface area (TPSA) is 20.2 Å². The lowest BCUT2D eigenvalue weighted by molar-refractivity contribution is 0.166. The number of hydrogen-bond donors (Lipinski definition) is 1. The van der Waals surface area contributed by atoms with Crippen LogP contribution in [0, 0.1) is 18.6 Å². The van der Waals surface area contributed by atoms with Crippen LogP contribution in [0.5, 0.6) is 0 Å². The van der Waals surface area contributed by atoms with Gasteiger partial charge in [0.15, 0.2) is 0 Å². The SMILES string of the molecule is Cc1ccc(F)c(C(O)CC2=CCCCC2)c1F. The van der Waals surface area contributed by atoms with Crippen LogP contribution in [-0.2, 0) is 0 Å². The first kappa shape index (κ1) is 13.2. The van der Waals surface area contributed by atoms with E-state index in [1.807, 2.05) is 0 Å². The van der Waals surface area contributed by atoms with Gasteiger partial charge in [0, 0.05) is 0 Å². The molecule has 0 aliphatic heterocycles. The minimum Gasteiger partial charge on any atom is -0.388 e. The molecule has 1 unspecified atom stereocenters. The molecule has 1 aliphatic rings. The van der Waals surface area contributed by atoms with Crippen molar-refractivity contribution in [1.82, 2.24) is 0 Å². The van der Waals surface area contributed by atoms with Crippen molar-refractivity contribution in [3.8, 4) is 0 Å². The zero-order valence-electron chi connectivity index (χ0n) is 10.5. The van der Waals surface area contributed by atoms with Gasteiger partial charge in [0.1, 0.15) is 11.6 Å². The molecule has 1 N–H and O–H groups in total. The number of benzene rings is 1. The summed E-state index contributed by atoms with van der Waals surface area (Å²) in [5, 5.41) is 10.0. The Bertz CT molecular complexity index is 466. The molecular weight excluding hydrogens is 234 g/mol. The summed E-state index contributed by atoms with van der Waals surface area (Å²) in [5.74, 6) is -1.29. The standard InChI is InChI=1S/C15H18F2O/c1-10-7-8-12(16)14(15(10)17)13(18)9-11-5-3-2-4-6-11/h5,7-8,13,18H,2-4,6,9H2,1H3. The molecular formula is C15H18F2O. The van der Waals surface area contributed by atoms with Crippen LogP contribution in [0.25, 0.3) is 0 Å². The van der Waals surface area contributed by atoms with Crippen LogP contribution < -0.4 is 0 Å². The first-order valence-corrected chi connectivity index (χ1v) is 6.40. The van der Waals surface area contributed by atoms with Crippen LogP contribution in [0.2, 0.25) is 0 Å². The van der Waals surface area contributed by atoms with Gasteiger partial charge in [-0.05, 0) is 50.7 Å². The second-order valence-corrected chi connectivity index (χ2v) is 4.92. The molecule has 0 saturated heterocycles. The molecule has 1 aromatic carbocycles. The van der Waals surface area contributed by atoms with Crippen LogP contribution in [0.4, 0.5) is 8.78 Å². The van der Waals surface area contributed by atoms with Crippen molar-refractivity contribution in [3.05, 3.63) is 46.5 Å². The summed E-state index contributed by atoms with van der Waals surface area (Å²) in [5.41, 5.74) is 1.28. The Morgan fingerprint density at radius 2 is 2.06 bits per heavy atom. The maximum Gasteiger partial charge on any atom is 0.134 e. The van der Waals surface area contributed by atoms with Gasteiger partial charge in [-0.2, -0.15) is 0 Å². The van der Waals surface area contributed by atoms with Gasteiger partial charge >= 0.3 is 0 Å². The molecule has 0 aromatic heterocycles. The lowest BCUT2D eigenvalue weighted by atomic mass is 9.92. The molecule has 0 spiro atoms. The Kier molecular flexibility index (Phi) is 4.12. The highest BCUT2D eigenvalue weighted by Crippen LogP contribution is 2.31. The van der Waals surface area contributed by atoms with Crippen molar-refractivity contribution in [2.75, 3.05) is 0 Å². The van der Waals surface area contributed by atoms with Crippen LogP contribution in [0.1, 0.15) is 49.3 Å². The van der Waals surface area contributed by atoms with Crippen molar-refractivity contribution in [1.29, 1.82) is 0 Å². The van der Waals surface area contributed by atoms with Crippen LogP contribution in [0.15, 0.2) is 23.8 Å². The molecule has 1 aromatic rings. The van der Waals surface area contributed by atoms with Gasteiger partial charge < -0.3 is 5.11 Å². The first-order chi connectivity index (χ1) is 8.59. The van der Waals surface area contributed by atoms with Gasteiger partial charge in [-0.15, -0.1) is 0 Å². The first-order valence-electron chi connectivity index (χ1n) is 6.40. The van der Waals surface area contributed by atoms with Crippen molar-refractivity contribution in [2.45, 2.75) is 45.1 Å². The molecule has 2 rings (SSSR count). The number of aliphatic hydroxyl groups is 1. The Morgan fingerprint density at radius 3 is 2.72 bits per heavy atom. The fourth-order valence-corrected chi connectivity index (χ4v) is 2.42. The number of hydrogen-bond acceptors (Lipinski definition) is 1. The summed E-state index contributed by atoms with van der Waals surface area (Å²) < 4.78 is 27.5. The Hall–Kier alpha value is -1.22. The largest absolute Gasteiger partial charge is 0.388 e. The van der Waals surface area contributed by atoms with E-state index < -0.39 is 17.7 Å². The zero-order valence-corrected chi connectivity index (χ0v) is 10.5. The predicted molar refractivity (Wildman–Crippen MR) is 67.2 cm³/mol. The molecule has 1 nitrogen and oxygen atoms in total. The van der Waals surface area contributed by atoms with Crippen molar-refractivity contribution in [3.63, 3.8) is 0 Å². The van der Waals surface area contributed by atoms with E-state index >= 15 is 0 Å². The van der Waals surface area contributed by atoms with Gasteiger partial charge in [-0.3, -0.25) is 0 Å². The Labute approximate surface area is 106 Å². The van der Waals surface area contributed by atoms with Crippen molar-refractivity contribution in [2.24, 2.45) is 0 Å². The fraction of sp³-hybridized carbons (Fsp3) is 0.467. The van der Waals surface area contributed by atoms with E-state index in [4.69, 9.17) is 0 Å². The van der Waals surface area contributed by atoms with Crippen LogP contribution in [-0.4, -0.2) is 5.11 Å². The lowest BCUT2D eigenvalue weighted by Gasteiger charge is -2.18. The van der Waals surface area contributed by atoms with E-state index in [2.05, 4.69) is 6.08 Å². The van der Waals surface area contributed by atoms with Crippen LogP contribution >= 0.6 is 0 Å². The number of aryl methyl sites for hydroxylation is 1. The molecule has 0 fully saturated rings. The van der Waals surface area contributed by atoms with Crippen molar-refractivity contribution < 1.29 is 13.9 Å². The minimum atomic E-state index is -1.09. The molecule has 0 bridgehead atoms. The van der Waals surface area contributed by atoms with Crippen LogP contribution in [0.3, 0.4) is 0 Å². The Morgan fingerprint density at radius 1 is 1.28 bits per heavy atom. The van der Waals surface area contributed by atoms with Gasteiger partial charge in [-0.25, -0.2) is 8.78 Å². The highest BCUT2D eigenvalue weighted by molar-refractivity contribution is 5.29. The molecule has 1 aliphatic carbocycles. The number of rotatable bonds is 3. The maximum atomic E-state index is 13.8. The average Bonchev–Trinajstić information content (AvgIpc) is 2.36. The fourth-order valence-electron chi connectivity index (χ4n) is 2.42. The summed E-state index contributed by atoms with van der Waals surface area (Å²) in [6.45, 7) is 1.57. The van der Waals surface area contributed by atoms with E-state index in [9.17, 15) is 13.9 Å². The summed E-state index contributed by atoms with van der Waals surface area (Å²) in [7, 11) is 0. The van der Waals surface area contributed by atoms with E-state index in [1.54, 1.807) is 6.92 Å². The number of allylic oxidation sites excluding steroid dienone is 1. The van der Waals surface area contributed by atoms with E-state index in [1.165, 1.54) is 12.1 Å². The predicted octanol–water partition coefficient (Wildman–Crippen LogP) is 4.20. The zero-order chi connectivity index (χ0) is 13.1. The molecule has 0 amide bonds. The minimum absolute atomic E-state index is 0.193. The molecule has 18 heavy (non-hydrogen) atoms. The lowest BCUT2D eigenvalue weighted by Crippen LogP contribution is -2.07.